The molecule has 2 N–H and O–H groups in total. The highest BCUT2D eigenvalue weighted by Gasteiger charge is 2.30. The van der Waals surface area contributed by atoms with Gasteiger partial charge in [0.1, 0.15) is 0 Å². The molecule has 0 radical (unpaired) electrons. The molecule has 3 nitrogen and oxygen atoms in total. The van der Waals surface area contributed by atoms with Crippen LogP contribution in [0.2, 0.25) is 0 Å². The standard InChI is InChI=1S/C15H32N2O/c1-5-15(6-2,11-16-13(3)4)12-17-9-7-8-14(18)10-17/h13-14,16,18H,5-12H2,1-4H3. The van der Waals surface area contributed by atoms with Gasteiger partial charge in [0, 0.05) is 25.7 Å². The Bertz CT molecular complexity index is 227. The van der Waals surface area contributed by atoms with Crippen molar-refractivity contribution in [3.63, 3.8) is 0 Å². The van der Waals surface area contributed by atoms with Crippen molar-refractivity contribution in [2.24, 2.45) is 5.41 Å². The maximum atomic E-state index is 9.78. The number of hydrogen-bond donors (Lipinski definition) is 2. The van der Waals surface area contributed by atoms with Crippen molar-refractivity contribution in [1.82, 2.24) is 10.2 Å². The Morgan fingerprint density at radius 1 is 1.33 bits per heavy atom. The van der Waals surface area contributed by atoms with Crippen LogP contribution in [0.15, 0.2) is 0 Å². The molecule has 0 amide bonds. The van der Waals surface area contributed by atoms with Crippen LogP contribution in [0.25, 0.3) is 0 Å². The normalized spacial score (nSPS) is 22.7. The van der Waals surface area contributed by atoms with Crippen LogP contribution in [-0.4, -0.2) is 48.3 Å². The highest BCUT2D eigenvalue weighted by Crippen LogP contribution is 2.28. The predicted molar refractivity (Wildman–Crippen MR) is 77.8 cm³/mol. The average molecular weight is 256 g/mol. The summed E-state index contributed by atoms with van der Waals surface area (Å²) in [4.78, 5) is 2.46. The third kappa shape index (κ3) is 4.87. The molecule has 1 saturated heterocycles. The zero-order chi connectivity index (χ0) is 13.6. The minimum atomic E-state index is -0.108. The lowest BCUT2D eigenvalue weighted by atomic mass is 9.81. The number of β-amino-alcohol motifs (C(OH)–C–C–N with tert-alkyl or cyclic N) is 1. The summed E-state index contributed by atoms with van der Waals surface area (Å²) in [5.41, 5.74) is 0.362. The molecule has 0 saturated carbocycles. The molecule has 3 heteroatoms. The molecule has 0 spiro atoms. The predicted octanol–water partition coefficient (Wildman–Crippen LogP) is 2.25. The lowest BCUT2D eigenvalue weighted by Gasteiger charge is -2.40. The first-order chi connectivity index (χ1) is 8.51. The van der Waals surface area contributed by atoms with E-state index in [9.17, 15) is 5.11 Å². The van der Waals surface area contributed by atoms with Gasteiger partial charge in [-0.25, -0.2) is 0 Å². The molecule has 1 atom stereocenters. The van der Waals surface area contributed by atoms with E-state index < -0.39 is 0 Å². The van der Waals surface area contributed by atoms with Crippen LogP contribution in [-0.2, 0) is 0 Å². The van der Waals surface area contributed by atoms with Crippen molar-refractivity contribution in [2.75, 3.05) is 26.2 Å². The summed E-state index contributed by atoms with van der Waals surface area (Å²) in [5.74, 6) is 0. The zero-order valence-electron chi connectivity index (χ0n) is 12.7. The van der Waals surface area contributed by atoms with Gasteiger partial charge in [0.25, 0.3) is 0 Å². The average Bonchev–Trinajstić information content (AvgIpc) is 2.34. The Hall–Kier alpha value is -0.120. The number of nitrogens with one attached hydrogen (secondary N) is 1. The number of piperidine rings is 1. The molecule has 1 aliphatic rings. The number of hydrogen-bond acceptors (Lipinski definition) is 3. The van der Waals surface area contributed by atoms with E-state index in [0.29, 0.717) is 11.5 Å². The molecule has 1 aliphatic heterocycles. The largest absolute Gasteiger partial charge is 0.392 e. The van der Waals surface area contributed by atoms with Gasteiger partial charge in [0.15, 0.2) is 0 Å². The van der Waals surface area contributed by atoms with Gasteiger partial charge in [0.2, 0.25) is 0 Å². The third-order valence-corrected chi connectivity index (χ3v) is 4.42. The molecule has 0 aromatic carbocycles. The van der Waals surface area contributed by atoms with E-state index in [2.05, 4.69) is 37.9 Å². The van der Waals surface area contributed by atoms with Crippen LogP contribution in [0.4, 0.5) is 0 Å². The van der Waals surface area contributed by atoms with Gasteiger partial charge in [-0.3, -0.25) is 0 Å². The van der Waals surface area contributed by atoms with Gasteiger partial charge in [0.05, 0.1) is 6.10 Å². The molecule has 1 rings (SSSR count). The first-order valence-corrected chi connectivity index (χ1v) is 7.65. The summed E-state index contributed by atoms with van der Waals surface area (Å²) in [6, 6.07) is 0.550. The summed E-state index contributed by atoms with van der Waals surface area (Å²) in [5, 5.41) is 13.4. The molecule has 1 heterocycles. The maximum absolute atomic E-state index is 9.78. The highest BCUT2D eigenvalue weighted by atomic mass is 16.3. The van der Waals surface area contributed by atoms with Crippen molar-refractivity contribution in [3.8, 4) is 0 Å². The molecular weight excluding hydrogens is 224 g/mol. The number of aliphatic hydroxyl groups excluding tert-OH is 1. The van der Waals surface area contributed by atoms with Crippen LogP contribution < -0.4 is 5.32 Å². The second-order valence-corrected chi connectivity index (χ2v) is 6.27. The smallest absolute Gasteiger partial charge is 0.0667 e. The number of rotatable bonds is 7. The Morgan fingerprint density at radius 3 is 2.50 bits per heavy atom. The molecule has 0 aliphatic carbocycles. The van der Waals surface area contributed by atoms with Crippen LogP contribution >= 0.6 is 0 Å². The lowest BCUT2D eigenvalue weighted by Crippen LogP contribution is -2.48. The molecule has 0 bridgehead atoms. The van der Waals surface area contributed by atoms with Crippen molar-refractivity contribution in [2.45, 2.75) is 65.5 Å². The van der Waals surface area contributed by atoms with E-state index in [1.807, 2.05) is 0 Å². The third-order valence-electron chi connectivity index (χ3n) is 4.42. The van der Waals surface area contributed by atoms with Gasteiger partial charge in [-0.2, -0.15) is 0 Å². The molecule has 108 valence electrons. The highest BCUT2D eigenvalue weighted by molar-refractivity contribution is 4.85. The van der Waals surface area contributed by atoms with Crippen molar-refractivity contribution < 1.29 is 5.11 Å². The Labute approximate surface area is 113 Å². The van der Waals surface area contributed by atoms with Crippen molar-refractivity contribution >= 4 is 0 Å². The molecule has 1 unspecified atom stereocenters. The molecule has 18 heavy (non-hydrogen) atoms. The summed E-state index contributed by atoms with van der Waals surface area (Å²) in [6.45, 7) is 13.2. The minimum absolute atomic E-state index is 0.108. The summed E-state index contributed by atoms with van der Waals surface area (Å²) >= 11 is 0. The first-order valence-electron chi connectivity index (χ1n) is 7.65. The topological polar surface area (TPSA) is 35.5 Å². The monoisotopic (exact) mass is 256 g/mol. The van der Waals surface area contributed by atoms with E-state index in [1.54, 1.807) is 0 Å². The fourth-order valence-corrected chi connectivity index (χ4v) is 2.85. The van der Waals surface area contributed by atoms with Gasteiger partial charge in [-0.15, -0.1) is 0 Å². The first kappa shape index (κ1) is 15.9. The van der Waals surface area contributed by atoms with E-state index in [-0.39, 0.29) is 6.10 Å². The van der Waals surface area contributed by atoms with E-state index in [4.69, 9.17) is 0 Å². The maximum Gasteiger partial charge on any atom is 0.0667 e. The van der Waals surface area contributed by atoms with E-state index in [1.165, 1.54) is 12.8 Å². The quantitative estimate of drug-likeness (QED) is 0.733. The van der Waals surface area contributed by atoms with Crippen molar-refractivity contribution in [3.05, 3.63) is 0 Å². The van der Waals surface area contributed by atoms with Crippen LogP contribution in [0.3, 0.4) is 0 Å². The van der Waals surface area contributed by atoms with Crippen LogP contribution in [0, 0.1) is 5.41 Å². The van der Waals surface area contributed by atoms with Gasteiger partial charge in [-0.1, -0.05) is 27.7 Å². The van der Waals surface area contributed by atoms with Crippen LogP contribution in [0.1, 0.15) is 53.4 Å². The van der Waals surface area contributed by atoms with E-state index in [0.717, 1.165) is 39.0 Å². The summed E-state index contributed by atoms with van der Waals surface area (Å²) in [7, 11) is 0. The summed E-state index contributed by atoms with van der Waals surface area (Å²) in [6.07, 6.45) is 4.42. The van der Waals surface area contributed by atoms with Gasteiger partial charge in [-0.05, 0) is 37.6 Å². The zero-order valence-corrected chi connectivity index (χ0v) is 12.7. The van der Waals surface area contributed by atoms with Crippen LogP contribution in [0.5, 0.6) is 0 Å². The number of aliphatic hydroxyl groups is 1. The molecule has 1 fully saturated rings. The second-order valence-electron chi connectivity index (χ2n) is 6.27. The fourth-order valence-electron chi connectivity index (χ4n) is 2.85. The minimum Gasteiger partial charge on any atom is -0.392 e. The molecule has 0 aromatic heterocycles. The molecular formula is C15H32N2O. The van der Waals surface area contributed by atoms with Gasteiger partial charge >= 0.3 is 0 Å². The lowest BCUT2D eigenvalue weighted by molar-refractivity contribution is 0.0394. The Balaban J connectivity index is 2.54. The Morgan fingerprint density at radius 2 is 2.00 bits per heavy atom. The SMILES string of the molecule is CCC(CC)(CNC(C)C)CN1CCCC(O)C1. The fraction of sp³-hybridized carbons (Fsp3) is 1.00. The van der Waals surface area contributed by atoms with Gasteiger partial charge < -0.3 is 15.3 Å². The number of nitrogens with zero attached hydrogens (tertiary/aromatic N) is 1. The van der Waals surface area contributed by atoms with E-state index >= 15 is 0 Å². The molecule has 0 aromatic rings. The van der Waals surface area contributed by atoms with Crippen molar-refractivity contribution in [1.29, 1.82) is 0 Å². The summed E-state index contributed by atoms with van der Waals surface area (Å²) < 4.78 is 0. The Kier molecular flexibility index (Phi) is 6.61. The second kappa shape index (κ2) is 7.46. The number of likely N-dealkylation sites (tertiary alicyclic amines) is 1.